The molecule has 2 rings (SSSR count). The van der Waals surface area contributed by atoms with Crippen molar-refractivity contribution in [2.24, 2.45) is 0 Å². The van der Waals surface area contributed by atoms with Crippen molar-refractivity contribution in [1.29, 1.82) is 0 Å². The molecule has 2 aromatic rings. The van der Waals surface area contributed by atoms with Crippen LogP contribution in [0.3, 0.4) is 0 Å². The molecule has 0 aliphatic rings. The smallest absolute Gasteiger partial charge is 0.121 e. The van der Waals surface area contributed by atoms with E-state index in [0.29, 0.717) is 5.88 Å². The van der Waals surface area contributed by atoms with Crippen LogP contribution in [0, 0.1) is 6.92 Å². The molecule has 0 radical (unpaired) electrons. The summed E-state index contributed by atoms with van der Waals surface area (Å²) in [6.07, 6.45) is 3.72. The van der Waals surface area contributed by atoms with Crippen LogP contribution in [0.1, 0.15) is 17.7 Å². The van der Waals surface area contributed by atoms with Crippen molar-refractivity contribution in [3.63, 3.8) is 0 Å². The molecule has 4 nitrogen and oxygen atoms in total. The highest BCUT2D eigenvalue weighted by Crippen LogP contribution is 2.20. The number of rotatable bonds is 5. The van der Waals surface area contributed by atoms with Gasteiger partial charge < -0.3 is 4.74 Å². The quantitative estimate of drug-likeness (QED) is 0.781. The van der Waals surface area contributed by atoms with Gasteiger partial charge in [0.2, 0.25) is 0 Å². The Hall–Kier alpha value is -1.55. The van der Waals surface area contributed by atoms with Gasteiger partial charge in [0.05, 0.1) is 24.7 Å². The first-order valence-corrected chi connectivity index (χ1v) is 6.40. The highest BCUT2D eigenvalue weighted by Gasteiger charge is 2.05. The average molecular weight is 266 g/mol. The molecule has 18 heavy (non-hydrogen) atoms. The van der Waals surface area contributed by atoms with E-state index in [4.69, 9.17) is 16.3 Å². The molecule has 0 unspecified atom stereocenters. The summed E-state index contributed by atoms with van der Waals surface area (Å²) >= 11 is 5.66. The molecule has 1 heterocycles. The first-order chi connectivity index (χ1) is 8.74. The van der Waals surface area contributed by atoms with Crippen molar-refractivity contribution in [2.75, 3.05) is 13.0 Å². The normalized spacial score (nSPS) is 10.6. The van der Waals surface area contributed by atoms with Crippen LogP contribution in [0.15, 0.2) is 24.4 Å². The maximum atomic E-state index is 5.66. The fraction of sp³-hybridized carbons (Fsp3) is 0.385. The van der Waals surface area contributed by atoms with Crippen molar-refractivity contribution < 1.29 is 4.74 Å². The van der Waals surface area contributed by atoms with Gasteiger partial charge in [-0.15, -0.1) is 16.7 Å². The zero-order chi connectivity index (χ0) is 13.0. The topological polar surface area (TPSA) is 39.9 Å². The summed E-state index contributed by atoms with van der Waals surface area (Å²) in [5.74, 6) is 1.52. The van der Waals surface area contributed by atoms with Crippen LogP contribution in [0.2, 0.25) is 0 Å². The number of hydrogen-bond donors (Lipinski definition) is 0. The second kappa shape index (κ2) is 5.87. The fourth-order valence-electron chi connectivity index (χ4n) is 1.79. The Morgan fingerprint density at radius 3 is 2.89 bits per heavy atom. The van der Waals surface area contributed by atoms with Crippen LogP contribution in [-0.2, 0) is 6.42 Å². The van der Waals surface area contributed by atoms with Crippen LogP contribution in [0.4, 0.5) is 0 Å². The molecule has 5 heteroatoms. The number of aromatic nitrogens is 3. The standard InChI is InChI=1S/C13H16ClN3O/c1-10-8-12(5-6-13(10)18-2)17-9-11(15-16-17)4-3-7-14/h5-6,8-9H,3-4,7H2,1-2H3. The Labute approximate surface area is 112 Å². The molecule has 0 N–H and O–H groups in total. The number of alkyl halides is 1. The van der Waals surface area contributed by atoms with Gasteiger partial charge in [-0.1, -0.05) is 5.21 Å². The number of aryl methyl sites for hydroxylation is 2. The van der Waals surface area contributed by atoms with Crippen LogP contribution in [0.5, 0.6) is 5.75 Å². The maximum Gasteiger partial charge on any atom is 0.121 e. The number of methoxy groups -OCH3 is 1. The molecule has 0 amide bonds. The van der Waals surface area contributed by atoms with Crippen molar-refractivity contribution in [3.8, 4) is 11.4 Å². The lowest BCUT2D eigenvalue weighted by Gasteiger charge is -2.06. The summed E-state index contributed by atoms with van der Waals surface area (Å²) in [6.45, 7) is 2.01. The van der Waals surface area contributed by atoms with Gasteiger partial charge in [0.1, 0.15) is 5.75 Å². The van der Waals surface area contributed by atoms with Gasteiger partial charge in [0.15, 0.2) is 0 Å². The van der Waals surface area contributed by atoms with Gasteiger partial charge in [0, 0.05) is 5.88 Å². The molecule has 0 fully saturated rings. The van der Waals surface area contributed by atoms with Gasteiger partial charge in [0.25, 0.3) is 0 Å². The first-order valence-electron chi connectivity index (χ1n) is 5.87. The molecule has 0 aliphatic carbocycles. The highest BCUT2D eigenvalue weighted by molar-refractivity contribution is 6.17. The SMILES string of the molecule is COc1ccc(-n2cc(CCCCl)nn2)cc1C. The average Bonchev–Trinajstić information content (AvgIpc) is 2.85. The third kappa shape index (κ3) is 2.82. The predicted octanol–water partition coefficient (Wildman–Crippen LogP) is 2.76. The molecule has 0 saturated carbocycles. The number of halogens is 1. The van der Waals surface area contributed by atoms with Crippen LogP contribution < -0.4 is 4.74 Å². The third-order valence-electron chi connectivity index (χ3n) is 2.75. The Kier molecular flexibility index (Phi) is 4.20. The van der Waals surface area contributed by atoms with Crippen molar-refractivity contribution in [2.45, 2.75) is 19.8 Å². The van der Waals surface area contributed by atoms with E-state index < -0.39 is 0 Å². The van der Waals surface area contributed by atoms with E-state index in [9.17, 15) is 0 Å². The summed E-state index contributed by atoms with van der Waals surface area (Å²) in [5.41, 5.74) is 3.02. The molecule has 0 bridgehead atoms. The lowest BCUT2D eigenvalue weighted by atomic mass is 10.2. The molecule has 1 aromatic carbocycles. The Morgan fingerprint density at radius 1 is 1.39 bits per heavy atom. The largest absolute Gasteiger partial charge is 0.496 e. The molecule has 0 saturated heterocycles. The monoisotopic (exact) mass is 265 g/mol. The van der Waals surface area contributed by atoms with Gasteiger partial charge in [-0.05, 0) is 43.5 Å². The molecule has 0 aliphatic heterocycles. The van der Waals surface area contributed by atoms with Crippen molar-refractivity contribution in [1.82, 2.24) is 15.0 Å². The maximum absolute atomic E-state index is 5.66. The van der Waals surface area contributed by atoms with Gasteiger partial charge in [-0.3, -0.25) is 0 Å². The summed E-state index contributed by atoms with van der Waals surface area (Å²) in [5, 5.41) is 8.24. The van der Waals surface area contributed by atoms with E-state index in [2.05, 4.69) is 10.3 Å². The summed E-state index contributed by atoms with van der Waals surface area (Å²) < 4.78 is 7.01. The highest BCUT2D eigenvalue weighted by atomic mass is 35.5. The lowest BCUT2D eigenvalue weighted by molar-refractivity contribution is 0.411. The Bertz CT molecular complexity index is 525. The summed E-state index contributed by atoms with van der Waals surface area (Å²) in [6, 6.07) is 5.93. The van der Waals surface area contributed by atoms with Crippen LogP contribution in [0.25, 0.3) is 5.69 Å². The molecule has 1 aromatic heterocycles. The molecule has 0 spiro atoms. The fourth-order valence-corrected chi connectivity index (χ4v) is 1.93. The first kappa shape index (κ1) is 12.9. The molecular weight excluding hydrogens is 250 g/mol. The lowest BCUT2D eigenvalue weighted by Crippen LogP contribution is -1.96. The van der Waals surface area contributed by atoms with Crippen LogP contribution >= 0.6 is 11.6 Å². The second-order valence-electron chi connectivity index (χ2n) is 4.10. The third-order valence-corrected chi connectivity index (χ3v) is 3.02. The summed E-state index contributed by atoms with van der Waals surface area (Å²) in [4.78, 5) is 0. The van der Waals surface area contributed by atoms with E-state index in [1.807, 2.05) is 31.3 Å². The van der Waals surface area contributed by atoms with Gasteiger partial charge in [-0.25, -0.2) is 4.68 Å². The molecule has 0 atom stereocenters. The van der Waals surface area contributed by atoms with Gasteiger partial charge in [-0.2, -0.15) is 0 Å². The van der Waals surface area contributed by atoms with Crippen molar-refractivity contribution in [3.05, 3.63) is 35.7 Å². The molecular formula is C13H16ClN3O. The second-order valence-corrected chi connectivity index (χ2v) is 4.48. The minimum Gasteiger partial charge on any atom is -0.496 e. The zero-order valence-electron chi connectivity index (χ0n) is 10.6. The summed E-state index contributed by atoms with van der Waals surface area (Å²) in [7, 11) is 1.67. The number of ether oxygens (including phenoxy) is 1. The predicted molar refractivity (Wildman–Crippen MR) is 71.7 cm³/mol. The van der Waals surface area contributed by atoms with E-state index in [0.717, 1.165) is 35.5 Å². The van der Waals surface area contributed by atoms with Crippen molar-refractivity contribution >= 4 is 11.6 Å². The van der Waals surface area contributed by atoms with E-state index in [1.165, 1.54) is 0 Å². The number of nitrogens with zero attached hydrogens (tertiary/aromatic N) is 3. The van der Waals surface area contributed by atoms with Gasteiger partial charge >= 0.3 is 0 Å². The van der Waals surface area contributed by atoms with E-state index in [-0.39, 0.29) is 0 Å². The molecule has 96 valence electrons. The minimum atomic E-state index is 0.647. The number of hydrogen-bond acceptors (Lipinski definition) is 3. The van der Waals surface area contributed by atoms with Crippen LogP contribution in [-0.4, -0.2) is 28.0 Å². The zero-order valence-corrected chi connectivity index (χ0v) is 11.3. The number of benzene rings is 1. The Morgan fingerprint density at radius 2 is 2.22 bits per heavy atom. The van der Waals surface area contributed by atoms with E-state index >= 15 is 0 Å². The minimum absolute atomic E-state index is 0.647. The Balaban J connectivity index is 2.20. The van der Waals surface area contributed by atoms with E-state index in [1.54, 1.807) is 11.8 Å².